The van der Waals surface area contributed by atoms with Gasteiger partial charge in [-0.25, -0.2) is 0 Å². The largest absolute Gasteiger partial charge is 0.301 e. The van der Waals surface area contributed by atoms with E-state index in [9.17, 15) is 0 Å². The highest BCUT2D eigenvalue weighted by Crippen LogP contribution is 2.42. The van der Waals surface area contributed by atoms with E-state index in [4.69, 9.17) is 5.26 Å². The second kappa shape index (κ2) is 3.81. The molecule has 0 heterocycles. The predicted octanol–water partition coefficient (Wildman–Crippen LogP) is 2.35. The van der Waals surface area contributed by atoms with E-state index in [0.29, 0.717) is 5.92 Å². The molecule has 0 aromatic heterocycles. The molecule has 1 unspecified atom stereocenters. The fourth-order valence-corrected chi connectivity index (χ4v) is 1.83. The van der Waals surface area contributed by atoms with Gasteiger partial charge in [0.1, 0.15) is 6.04 Å². The Morgan fingerprint density at radius 1 is 1.43 bits per heavy atom. The Bertz CT molecular complexity index is 361. The van der Waals surface area contributed by atoms with Crippen molar-refractivity contribution in [1.82, 2.24) is 5.32 Å². The second-order valence-corrected chi connectivity index (χ2v) is 3.75. The standard InChI is InChI=1S/C12H14N2/c1-14-12(8-13)11-5-3-2-4-10(11)9-6-7-9/h2-5,9,12,14H,6-7H2,1H3. The van der Waals surface area contributed by atoms with Crippen LogP contribution in [0.1, 0.15) is 35.9 Å². The van der Waals surface area contributed by atoms with Crippen LogP contribution in [0.15, 0.2) is 24.3 Å². The normalized spacial score (nSPS) is 17.4. The van der Waals surface area contributed by atoms with Gasteiger partial charge in [-0.3, -0.25) is 0 Å². The Morgan fingerprint density at radius 3 is 2.71 bits per heavy atom. The Hall–Kier alpha value is -1.33. The fourth-order valence-electron chi connectivity index (χ4n) is 1.83. The van der Waals surface area contributed by atoms with Crippen molar-refractivity contribution in [2.45, 2.75) is 24.8 Å². The number of hydrogen-bond acceptors (Lipinski definition) is 2. The summed E-state index contributed by atoms with van der Waals surface area (Å²) in [5, 5.41) is 12.0. The van der Waals surface area contributed by atoms with E-state index < -0.39 is 0 Å². The summed E-state index contributed by atoms with van der Waals surface area (Å²) >= 11 is 0. The molecule has 72 valence electrons. The average molecular weight is 186 g/mol. The maximum Gasteiger partial charge on any atom is 0.121 e. The van der Waals surface area contributed by atoms with Gasteiger partial charge in [0.2, 0.25) is 0 Å². The Morgan fingerprint density at radius 2 is 2.14 bits per heavy atom. The summed E-state index contributed by atoms with van der Waals surface area (Å²) in [5.41, 5.74) is 2.51. The van der Waals surface area contributed by atoms with Gasteiger partial charge in [-0.1, -0.05) is 24.3 Å². The maximum atomic E-state index is 8.99. The van der Waals surface area contributed by atoms with Crippen LogP contribution in [-0.4, -0.2) is 7.05 Å². The summed E-state index contributed by atoms with van der Waals surface area (Å²) < 4.78 is 0. The SMILES string of the molecule is CNC(C#N)c1ccccc1C1CC1. The highest BCUT2D eigenvalue weighted by Gasteiger charge is 2.27. The van der Waals surface area contributed by atoms with Crippen molar-refractivity contribution in [1.29, 1.82) is 5.26 Å². The Labute approximate surface area is 84.6 Å². The number of nitrogens with zero attached hydrogens (tertiary/aromatic N) is 1. The molecular weight excluding hydrogens is 172 g/mol. The number of nitriles is 1. The summed E-state index contributed by atoms with van der Waals surface area (Å²) in [5.74, 6) is 0.704. The van der Waals surface area contributed by atoms with Crippen LogP contribution in [0.5, 0.6) is 0 Å². The van der Waals surface area contributed by atoms with Crippen molar-refractivity contribution >= 4 is 0 Å². The highest BCUT2D eigenvalue weighted by atomic mass is 14.9. The lowest BCUT2D eigenvalue weighted by Gasteiger charge is -2.12. The average Bonchev–Trinajstić information content (AvgIpc) is 3.04. The minimum absolute atomic E-state index is 0.160. The quantitative estimate of drug-likeness (QED) is 0.786. The molecule has 0 bridgehead atoms. The molecule has 2 heteroatoms. The lowest BCUT2D eigenvalue weighted by molar-refractivity contribution is 0.717. The first kappa shape index (κ1) is 9.23. The summed E-state index contributed by atoms with van der Waals surface area (Å²) in [6, 6.07) is 10.4. The lowest BCUT2D eigenvalue weighted by atomic mass is 9.98. The van der Waals surface area contributed by atoms with E-state index in [1.807, 2.05) is 13.1 Å². The monoisotopic (exact) mass is 186 g/mol. The Balaban J connectivity index is 2.35. The molecule has 0 aliphatic heterocycles. The zero-order chi connectivity index (χ0) is 9.97. The van der Waals surface area contributed by atoms with Crippen LogP contribution in [0.4, 0.5) is 0 Å². The van der Waals surface area contributed by atoms with Crippen molar-refractivity contribution in [2.24, 2.45) is 0 Å². The van der Waals surface area contributed by atoms with Gasteiger partial charge in [0.25, 0.3) is 0 Å². The first-order valence-corrected chi connectivity index (χ1v) is 5.02. The van der Waals surface area contributed by atoms with E-state index >= 15 is 0 Å². The molecule has 2 rings (SSSR count). The molecule has 0 radical (unpaired) electrons. The molecule has 1 aromatic rings. The van der Waals surface area contributed by atoms with E-state index in [1.165, 1.54) is 18.4 Å². The Kier molecular flexibility index (Phi) is 2.51. The molecule has 1 atom stereocenters. The van der Waals surface area contributed by atoms with Crippen LogP contribution < -0.4 is 5.32 Å². The molecule has 0 saturated heterocycles. The predicted molar refractivity (Wildman–Crippen MR) is 55.8 cm³/mol. The molecule has 1 saturated carbocycles. The number of rotatable bonds is 3. The summed E-state index contributed by atoms with van der Waals surface area (Å²) in [7, 11) is 1.83. The molecule has 1 aromatic carbocycles. The highest BCUT2D eigenvalue weighted by molar-refractivity contribution is 5.37. The first-order chi connectivity index (χ1) is 6.86. The summed E-state index contributed by atoms with van der Waals surface area (Å²) in [6.45, 7) is 0. The van der Waals surface area contributed by atoms with Gasteiger partial charge < -0.3 is 5.32 Å². The maximum absolute atomic E-state index is 8.99. The molecular formula is C12H14N2. The van der Waals surface area contributed by atoms with Crippen molar-refractivity contribution in [3.8, 4) is 6.07 Å². The smallest absolute Gasteiger partial charge is 0.121 e. The van der Waals surface area contributed by atoms with Crippen molar-refractivity contribution in [3.63, 3.8) is 0 Å². The summed E-state index contributed by atoms with van der Waals surface area (Å²) in [4.78, 5) is 0. The lowest BCUT2D eigenvalue weighted by Crippen LogP contribution is -2.15. The minimum atomic E-state index is -0.160. The fraction of sp³-hybridized carbons (Fsp3) is 0.417. The first-order valence-electron chi connectivity index (χ1n) is 5.02. The van der Waals surface area contributed by atoms with Crippen molar-refractivity contribution in [3.05, 3.63) is 35.4 Å². The zero-order valence-electron chi connectivity index (χ0n) is 8.33. The van der Waals surface area contributed by atoms with Gasteiger partial charge in [-0.05, 0) is 36.9 Å². The van der Waals surface area contributed by atoms with Gasteiger partial charge in [-0.2, -0.15) is 5.26 Å². The van der Waals surface area contributed by atoms with Gasteiger partial charge in [0.05, 0.1) is 6.07 Å². The topological polar surface area (TPSA) is 35.8 Å². The molecule has 1 fully saturated rings. The molecule has 0 amide bonds. The van der Waals surface area contributed by atoms with Crippen LogP contribution in [0.3, 0.4) is 0 Å². The molecule has 1 aliphatic rings. The van der Waals surface area contributed by atoms with E-state index in [2.05, 4.69) is 29.6 Å². The van der Waals surface area contributed by atoms with Gasteiger partial charge in [-0.15, -0.1) is 0 Å². The third-order valence-electron chi connectivity index (χ3n) is 2.74. The van der Waals surface area contributed by atoms with Crippen molar-refractivity contribution in [2.75, 3.05) is 7.05 Å². The molecule has 1 N–H and O–H groups in total. The van der Waals surface area contributed by atoms with E-state index in [0.717, 1.165) is 5.56 Å². The van der Waals surface area contributed by atoms with Crippen LogP contribution in [0.2, 0.25) is 0 Å². The van der Waals surface area contributed by atoms with Crippen LogP contribution in [-0.2, 0) is 0 Å². The second-order valence-electron chi connectivity index (χ2n) is 3.75. The molecule has 14 heavy (non-hydrogen) atoms. The van der Waals surface area contributed by atoms with Gasteiger partial charge in [0.15, 0.2) is 0 Å². The molecule has 0 spiro atoms. The number of benzene rings is 1. The van der Waals surface area contributed by atoms with Crippen molar-refractivity contribution < 1.29 is 0 Å². The van der Waals surface area contributed by atoms with Gasteiger partial charge >= 0.3 is 0 Å². The number of hydrogen-bond donors (Lipinski definition) is 1. The van der Waals surface area contributed by atoms with E-state index in [1.54, 1.807) is 0 Å². The minimum Gasteiger partial charge on any atom is -0.301 e. The molecule has 2 nitrogen and oxygen atoms in total. The van der Waals surface area contributed by atoms with Gasteiger partial charge in [0, 0.05) is 0 Å². The van der Waals surface area contributed by atoms with Crippen LogP contribution in [0.25, 0.3) is 0 Å². The molecule has 1 aliphatic carbocycles. The number of nitrogens with one attached hydrogen (secondary N) is 1. The van der Waals surface area contributed by atoms with E-state index in [-0.39, 0.29) is 6.04 Å². The zero-order valence-corrected chi connectivity index (χ0v) is 8.33. The third-order valence-corrected chi connectivity index (χ3v) is 2.74. The third kappa shape index (κ3) is 1.64. The van der Waals surface area contributed by atoms with Crippen LogP contribution >= 0.6 is 0 Å². The van der Waals surface area contributed by atoms with Crippen LogP contribution in [0, 0.1) is 11.3 Å². The summed E-state index contributed by atoms with van der Waals surface area (Å²) in [6.07, 6.45) is 2.55.